The Morgan fingerprint density at radius 3 is 2.54 bits per heavy atom. The Labute approximate surface area is 208 Å². The third-order valence-corrected chi connectivity index (χ3v) is 7.85. The maximum atomic E-state index is 12.9. The van der Waals surface area contributed by atoms with E-state index in [1.807, 2.05) is 19.1 Å². The van der Waals surface area contributed by atoms with Crippen molar-refractivity contribution in [1.82, 2.24) is 30.0 Å². The van der Waals surface area contributed by atoms with Crippen LogP contribution in [0.5, 0.6) is 0 Å². The highest BCUT2D eigenvalue weighted by Crippen LogP contribution is 2.29. The van der Waals surface area contributed by atoms with Crippen LogP contribution < -0.4 is 10.2 Å². The molecule has 1 atom stereocenters. The third kappa shape index (κ3) is 6.31. The number of H-pyrrole nitrogens is 1. The van der Waals surface area contributed by atoms with Crippen LogP contribution >= 0.6 is 0 Å². The second-order valence-electron chi connectivity index (χ2n) is 10.8. The quantitative estimate of drug-likeness (QED) is 0.628. The lowest BCUT2D eigenvalue weighted by molar-refractivity contribution is -0.131. The number of carbonyl (C=O) groups is 1. The molecule has 0 radical (unpaired) electrons. The van der Waals surface area contributed by atoms with E-state index >= 15 is 0 Å². The number of amides is 1. The smallest absolute Gasteiger partial charge is 0.222 e. The summed E-state index contributed by atoms with van der Waals surface area (Å²) < 4.78 is 0. The van der Waals surface area contributed by atoms with Crippen molar-refractivity contribution in [2.45, 2.75) is 58.3 Å². The van der Waals surface area contributed by atoms with Gasteiger partial charge in [-0.2, -0.15) is 5.10 Å². The molecule has 190 valence electrons. The zero-order valence-corrected chi connectivity index (χ0v) is 21.3. The third-order valence-electron chi connectivity index (χ3n) is 7.85. The largest absolute Gasteiger partial charge is 0.354 e. The van der Waals surface area contributed by atoms with Gasteiger partial charge in [-0.1, -0.05) is 19.3 Å². The van der Waals surface area contributed by atoms with E-state index in [0.29, 0.717) is 17.7 Å². The van der Waals surface area contributed by atoms with Gasteiger partial charge in [0.1, 0.15) is 17.5 Å². The van der Waals surface area contributed by atoms with Gasteiger partial charge in [-0.15, -0.1) is 0 Å². The van der Waals surface area contributed by atoms with Crippen LogP contribution in [0.15, 0.2) is 12.1 Å². The summed E-state index contributed by atoms with van der Waals surface area (Å²) in [5.74, 6) is 4.72. The number of rotatable bonds is 7. The van der Waals surface area contributed by atoms with E-state index in [4.69, 9.17) is 9.97 Å². The molecule has 5 rings (SSSR count). The standard InChI is InChI=1S/C26H40N8O/c1-19-14-24(31-30-19)28-23-17-25(33-12-10-32(2)11-13-33)29-22(27-23)15-21-8-9-34(18-21)26(35)16-20-6-4-3-5-7-20/h14,17,20-21H,3-13,15-16,18H2,1-2H3,(H2,27,28,29,30,31). The summed E-state index contributed by atoms with van der Waals surface area (Å²) in [5, 5.41) is 10.6. The van der Waals surface area contributed by atoms with Gasteiger partial charge in [0.05, 0.1) is 0 Å². The van der Waals surface area contributed by atoms with Crippen LogP contribution in [0, 0.1) is 18.8 Å². The Balaban J connectivity index is 1.26. The fourth-order valence-electron chi connectivity index (χ4n) is 5.70. The van der Waals surface area contributed by atoms with Gasteiger partial charge < -0.3 is 20.0 Å². The van der Waals surface area contributed by atoms with Gasteiger partial charge >= 0.3 is 0 Å². The number of hydrogen-bond acceptors (Lipinski definition) is 7. The Hall–Kier alpha value is -2.68. The van der Waals surface area contributed by atoms with E-state index < -0.39 is 0 Å². The number of nitrogens with zero attached hydrogens (tertiary/aromatic N) is 6. The monoisotopic (exact) mass is 480 g/mol. The molecule has 0 bridgehead atoms. The highest BCUT2D eigenvalue weighted by Gasteiger charge is 2.29. The van der Waals surface area contributed by atoms with Crippen LogP contribution in [0.25, 0.3) is 0 Å². The second kappa shape index (κ2) is 10.9. The summed E-state index contributed by atoms with van der Waals surface area (Å²) in [6.07, 6.45) is 8.91. The van der Waals surface area contributed by atoms with Crippen LogP contribution in [0.3, 0.4) is 0 Å². The normalized spacial score (nSPS) is 22.1. The van der Waals surface area contributed by atoms with Gasteiger partial charge in [-0.05, 0) is 45.1 Å². The lowest BCUT2D eigenvalue weighted by atomic mass is 9.87. The number of nitrogens with one attached hydrogen (secondary N) is 2. The van der Waals surface area contributed by atoms with E-state index in [0.717, 1.165) is 87.5 Å². The zero-order chi connectivity index (χ0) is 24.2. The molecule has 35 heavy (non-hydrogen) atoms. The molecular formula is C26H40N8O. The fraction of sp³-hybridized carbons (Fsp3) is 0.692. The molecule has 1 saturated carbocycles. The molecule has 2 aliphatic heterocycles. The highest BCUT2D eigenvalue weighted by atomic mass is 16.2. The highest BCUT2D eigenvalue weighted by molar-refractivity contribution is 5.76. The molecule has 1 unspecified atom stereocenters. The fourth-order valence-corrected chi connectivity index (χ4v) is 5.70. The number of aryl methyl sites for hydroxylation is 1. The summed E-state index contributed by atoms with van der Waals surface area (Å²) in [7, 11) is 2.16. The Kier molecular flexibility index (Phi) is 7.51. The summed E-state index contributed by atoms with van der Waals surface area (Å²) in [6, 6.07) is 4.01. The van der Waals surface area contributed by atoms with Crippen molar-refractivity contribution in [2.75, 3.05) is 56.5 Å². The maximum absolute atomic E-state index is 12.9. The van der Waals surface area contributed by atoms with Crippen LogP contribution in [0.4, 0.5) is 17.5 Å². The molecule has 1 amide bonds. The first-order valence-corrected chi connectivity index (χ1v) is 13.4. The van der Waals surface area contributed by atoms with E-state index in [9.17, 15) is 4.79 Å². The zero-order valence-electron chi connectivity index (χ0n) is 21.3. The molecular weight excluding hydrogens is 440 g/mol. The summed E-state index contributed by atoms with van der Waals surface area (Å²) >= 11 is 0. The van der Waals surface area contributed by atoms with Crippen molar-refractivity contribution in [3.8, 4) is 0 Å². The Bertz CT molecular complexity index is 993. The topological polar surface area (TPSA) is 93.3 Å². The number of aromatic amines is 1. The molecule has 2 aromatic heterocycles. The van der Waals surface area contributed by atoms with Gasteiger partial charge in [-0.25, -0.2) is 9.97 Å². The van der Waals surface area contributed by atoms with Crippen LogP contribution in [-0.2, 0) is 11.2 Å². The van der Waals surface area contributed by atoms with Crippen molar-refractivity contribution < 1.29 is 4.79 Å². The molecule has 3 fully saturated rings. The second-order valence-corrected chi connectivity index (χ2v) is 10.8. The van der Waals surface area contributed by atoms with Crippen molar-refractivity contribution in [1.29, 1.82) is 0 Å². The summed E-state index contributed by atoms with van der Waals surface area (Å²) in [4.78, 5) is 29.6. The van der Waals surface area contributed by atoms with E-state index in [1.54, 1.807) is 0 Å². The van der Waals surface area contributed by atoms with E-state index in [1.165, 1.54) is 32.1 Å². The van der Waals surface area contributed by atoms with Gasteiger partial charge in [0.15, 0.2) is 5.82 Å². The van der Waals surface area contributed by atoms with Crippen LogP contribution in [-0.4, -0.2) is 82.2 Å². The maximum Gasteiger partial charge on any atom is 0.222 e. The minimum atomic E-state index is 0.350. The number of likely N-dealkylation sites (tertiary alicyclic amines) is 1. The molecule has 0 spiro atoms. The van der Waals surface area contributed by atoms with Crippen molar-refractivity contribution >= 4 is 23.4 Å². The molecule has 2 N–H and O–H groups in total. The average Bonchev–Trinajstić information content (AvgIpc) is 3.49. The molecule has 3 aliphatic rings. The van der Waals surface area contributed by atoms with Gasteiger partial charge in [0.2, 0.25) is 5.91 Å². The predicted molar refractivity (Wildman–Crippen MR) is 138 cm³/mol. The Morgan fingerprint density at radius 2 is 1.80 bits per heavy atom. The molecule has 2 saturated heterocycles. The molecule has 4 heterocycles. The first kappa shape index (κ1) is 24.0. The SMILES string of the molecule is Cc1cc(Nc2cc(N3CCN(C)CC3)nc(CC3CCN(C(=O)CC4CCCCC4)C3)n2)n[nH]1. The minimum Gasteiger partial charge on any atom is -0.354 e. The lowest BCUT2D eigenvalue weighted by Gasteiger charge is -2.33. The molecule has 9 nitrogen and oxygen atoms in total. The lowest BCUT2D eigenvalue weighted by Crippen LogP contribution is -2.45. The number of piperazine rings is 1. The molecule has 0 aromatic carbocycles. The number of aromatic nitrogens is 4. The van der Waals surface area contributed by atoms with Crippen molar-refractivity contribution in [3.05, 3.63) is 23.7 Å². The van der Waals surface area contributed by atoms with E-state index in [2.05, 4.69) is 37.3 Å². The average molecular weight is 481 g/mol. The van der Waals surface area contributed by atoms with E-state index in [-0.39, 0.29) is 0 Å². The first-order valence-electron chi connectivity index (χ1n) is 13.4. The predicted octanol–water partition coefficient (Wildman–Crippen LogP) is 3.36. The number of likely N-dealkylation sites (N-methyl/N-ethyl adjacent to an activating group) is 1. The molecule has 2 aromatic rings. The Morgan fingerprint density at radius 1 is 1.00 bits per heavy atom. The number of carbonyl (C=O) groups excluding carboxylic acids is 1. The van der Waals surface area contributed by atoms with Gasteiger partial charge in [-0.3, -0.25) is 9.89 Å². The van der Waals surface area contributed by atoms with Crippen molar-refractivity contribution in [2.24, 2.45) is 11.8 Å². The van der Waals surface area contributed by atoms with Crippen molar-refractivity contribution in [3.63, 3.8) is 0 Å². The minimum absolute atomic E-state index is 0.350. The number of hydrogen-bond donors (Lipinski definition) is 2. The van der Waals surface area contributed by atoms with Crippen LogP contribution in [0.2, 0.25) is 0 Å². The van der Waals surface area contributed by atoms with Crippen LogP contribution in [0.1, 0.15) is 56.5 Å². The molecule has 1 aliphatic carbocycles. The molecule has 9 heteroatoms. The summed E-state index contributed by atoms with van der Waals surface area (Å²) in [6.45, 7) is 7.66. The van der Waals surface area contributed by atoms with Gasteiger partial charge in [0.25, 0.3) is 0 Å². The first-order chi connectivity index (χ1) is 17.0. The number of anilines is 3. The summed E-state index contributed by atoms with van der Waals surface area (Å²) in [5.41, 5.74) is 1.00. The van der Waals surface area contributed by atoms with Gasteiger partial charge in [0, 0.05) is 69.9 Å².